The Labute approximate surface area is 111 Å². The van der Waals surface area contributed by atoms with Gasteiger partial charge in [0, 0.05) is 0 Å². The van der Waals surface area contributed by atoms with Crippen LogP contribution in [0.3, 0.4) is 0 Å². The van der Waals surface area contributed by atoms with Gasteiger partial charge in [0.05, 0.1) is 6.10 Å². The van der Waals surface area contributed by atoms with Crippen molar-refractivity contribution < 1.29 is 5.11 Å². The maximum atomic E-state index is 10.3. The molecule has 0 amide bonds. The molecule has 1 aliphatic carbocycles. The third-order valence-corrected chi connectivity index (χ3v) is 4.49. The van der Waals surface area contributed by atoms with Crippen molar-refractivity contribution in [2.24, 2.45) is 5.92 Å². The molecule has 0 aliphatic heterocycles. The summed E-state index contributed by atoms with van der Waals surface area (Å²) in [5.74, 6) is 0.861. The lowest BCUT2D eigenvalue weighted by Gasteiger charge is -2.22. The van der Waals surface area contributed by atoms with Crippen LogP contribution in [0.5, 0.6) is 0 Å². The summed E-state index contributed by atoms with van der Waals surface area (Å²) in [4.78, 5) is 0. The van der Waals surface area contributed by atoms with Crippen LogP contribution in [0, 0.1) is 19.8 Å². The summed E-state index contributed by atoms with van der Waals surface area (Å²) in [6.07, 6.45) is 8.79. The molecule has 18 heavy (non-hydrogen) atoms. The van der Waals surface area contributed by atoms with Crippen LogP contribution in [0.4, 0.5) is 0 Å². The molecule has 0 aromatic heterocycles. The topological polar surface area (TPSA) is 20.2 Å². The first-order valence-electron chi connectivity index (χ1n) is 7.42. The van der Waals surface area contributed by atoms with Gasteiger partial charge in [0.15, 0.2) is 0 Å². The Morgan fingerprint density at radius 1 is 1.11 bits per heavy atom. The molecule has 1 atom stereocenters. The van der Waals surface area contributed by atoms with Gasteiger partial charge in [-0.15, -0.1) is 0 Å². The molecule has 1 aromatic carbocycles. The van der Waals surface area contributed by atoms with E-state index in [1.165, 1.54) is 49.7 Å². The number of aliphatic hydroxyl groups excluding tert-OH is 1. The fourth-order valence-electron chi connectivity index (χ4n) is 3.01. The number of hydrogen-bond donors (Lipinski definition) is 1. The molecule has 0 radical (unpaired) electrons. The zero-order chi connectivity index (χ0) is 13.0. The second-order valence-corrected chi connectivity index (χ2v) is 5.94. The van der Waals surface area contributed by atoms with Crippen molar-refractivity contribution in [1.29, 1.82) is 0 Å². The monoisotopic (exact) mass is 246 g/mol. The van der Waals surface area contributed by atoms with Gasteiger partial charge in [0.2, 0.25) is 0 Å². The van der Waals surface area contributed by atoms with Crippen LogP contribution < -0.4 is 0 Å². The third kappa shape index (κ3) is 3.58. The Morgan fingerprint density at radius 3 is 2.50 bits per heavy atom. The molecule has 0 bridgehead atoms. The molecule has 1 saturated carbocycles. The standard InChI is InChI=1S/C17H26O/c1-13-8-10-16(12-14(13)2)17(18)11-9-15-6-4-3-5-7-15/h8,10,12,15,17-18H,3-7,9,11H2,1-2H3. The molecule has 1 aromatic rings. The Bertz CT molecular complexity index is 377. The molecule has 1 aliphatic rings. The minimum Gasteiger partial charge on any atom is -0.388 e. The summed E-state index contributed by atoms with van der Waals surface area (Å²) in [5.41, 5.74) is 3.68. The average Bonchev–Trinajstić information content (AvgIpc) is 2.40. The van der Waals surface area contributed by atoms with E-state index in [0.29, 0.717) is 0 Å². The average molecular weight is 246 g/mol. The normalized spacial score (nSPS) is 18.8. The van der Waals surface area contributed by atoms with Crippen LogP contribution in [-0.2, 0) is 0 Å². The van der Waals surface area contributed by atoms with Crippen LogP contribution in [0.15, 0.2) is 18.2 Å². The van der Waals surface area contributed by atoms with Crippen molar-refractivity contribution in [2.45, 2.75) is 64.9 Å². The lowest BCUT2D eigenvalue weighted by Crippen LogP contribution is -2.08. The number of benzene rings is 1. The minimum absolute atomic E-state index is 0.272. The van der Waals surface area contributed by atoms with Crippen LogP contribution in [0.2, 0.25) is 0 Å². The van der Waals surface area contributed by atoms with E-state index in [4.69, 9.17) is 0 Å². The van der Waals surface area contributed by atoms with Gasteiger partial charge >= 0.3 is 0 Å². The SMILES string of the molecule is Cc1ccc(C(O)CCC2CCCCC2)cc1C. The quantitative estimate of drug-likeness (QED) is 0.816. The molecule has 0 heterocycles. The van der Waals surface area contributed by atoms with Crippen LogP contribution in [0.25, 0.3) is 0 Å². The summed E-state index contributed by atoms with van der Waals surface area (Å²) < 4.78 is 0. The summed E-state index contributed by atoms with van der Waals surface area (Å²) in [7, 11) is 0. The number of aliphatic hydroxyl groups is 1. The number of aryl methyl sites for hydroxylation is 2. The first-order chi connectivity index (χ1) is 8.66. The fraction of sp³-hybridized carbons (Fsp3) is 0.647. The highest BCUT2D eigenvalue weighted by molar-refractivity contribution is 5.31. The smallest absolute Gasteiger partial charge is 0.0790 e. The zero-order valence-corrected chi connectivity index (χ0v) is 11.8. The fourth-order valence-corrected chi connectivity index (χ4v) is 3.01. The van der Waals surface area contributed by atoms with E-state index in [0.717, 1.165) is 17.9 Å². The second-order valence-electron chi connectivity index (χ2n) is 5.94. The van der Waals surface area contributed by atoms with Crippen molar-refractivity contribution in [3.05, 3.63) is 34.9 Å². The minimum atomic E-state index is -0.272. The first-order valence-corrected chi connectivity index (χ1v) is 7.42. The first kappa shape index (κ1) is 13.6. The predicted molar refractivity (Wildman–Crippen MR) is 76.7 cm³/mol. The number of rotatable bonds is 4. The van der Waals surface area contributed by atoms with Gasteiger partial charge in [-0.1, -0.05) is 50.3 Å². The van der Waals surface area contributed by atoms with Gasteiger partial charge in [-0.3, -0.25) is 0 Å². The van der Waals surface area contributed by atoms with Gasteiger partial charge in [0.1, 0.15) is 0 Å². The Kier molecular flexibility index (Phi) is 4.82. The van der Waals surface area contributed by atoms with E-state index in [1.54, 1.807) is 0 Å². The van der Waals surface area contributed by atoms with Gasteiger partial charge < -0.3 is 5.11 Å². The van der Waals surface area contributed by atoms with Crippen molar-refractivity contribution >= 4 is 0 Å². The van der Waals surface area contributed by atoms with E-state index in [9.17, 15) is 5.11 Å². The molecule has 1 unspecified atom stereocenters. The van der Waals surface area contributed by atoms with E-state index >= 15 is 0 Å². The maximum absolute atomic E-state index is 10.3. The van der Waals surface area contributed by atoms with Crippen LogP contribution >= 0.6 is 0 Å². The predicted octanol–water partition coefficient (Wildman–Crippen LogP) is 4.70. The highest BCUT2D eigenvalue weighted by atomic mass is 16.3. The summed E-state index contributed by atoms with van der Waals surface area (Å²) >= 11 is 0. The Morgan fingerprint density at radius 2 is 1.83 bits per heavy atom. The van der Waals surface area contributed by atoms with E-state index in [2.05, 4.69) is 32.0 Å². The summed E-state index contributed by atoms with van der Waals surface area (Å²) in [6.45, 7) is 4.24. The lowest BCUT2D eigenvalue weighted by atomic mass is 9.85. The molecule has 2 rings (SSSR count). The van der Waals surface area contributed by atoms with Crippen molar-refractivity contribution in [3.63, 3.8) is 0 Å². The number of hydrogen-bond acceptors (Lipinski definition) is 1. The lowest BCUT2D eigenvalue weighted by molar-refractivity contribution is 0.151. The second kappa shape index (κ2) is 6.38. The van der Waals surface area contributed by atoms with Crippen molar-refractivity contribution in [3.8, 4) is 0 Å². The summed E-state index contributed by atoms with van der Waals surface area (Å²) in [5, 5.41) is 10.3. The molecule has 0 spiro atoms. The van der Waals surface area contributed by atoms with Gasteiger partial charge in [-0.05, 0) is 49.3 Å². The highest BCUT2D eigenvalue weighted by Gasteiger charge is 2.16. The van der Waals surface area contributed by atoms with Gasteiger partial charge in [-0.25, -0.2) is 0 Å². The van der Waals surface area contributed by atoms with Crippen LogP contribution in [-0.4, -0.2) is 5.11 Å². The molecular weight excluding hydrogens is 220 g/mol. The zero-order valence-electron chi connectivity index (χ0n) is 11.8. The highest BCUT2D eigenvalue weighted by Crippen LogP contribution is 2.30. The van der Waals surface area contributed by atoms with Crippen molar-refractivity contribution in [2.75, 3.05) is 0 Å². The van der Waals surface area contributed by atoms with E-state index in [-0.39, 0.29) is 6.10 Å². The largest absolute Gasteiger partial charge is 0.388 e. The van der Waals surface area contributed by atoms with Gasteiger partial charge in [0.25, 0.3) is 0 Å². The Balaban J connectivity index is 1.86. The van der Waals surface area contributed by atoms with Gasteiger partial charge in [-0.2, -0.15) is 0 Å². The molecule has 1 nitrogen and oxygen atoms in total. The maximum Gasteiger partial charge on any atom is 0.0790 e. The Hall–Kier alpha value is -0.820. The molecule has 0 saturated heterocycles. The molecule has 1 fully saturated rings. The third-order valence-electron chi connectivity index (χ3n) is 4.49. The molecular formula is C17H26O. The molecule has 1 heteroatoms. The van der Waals surface area contributed by atoms with E-state index in [1.807, 2.05) is 0 Å². The van der Waals surface area contributed by atoms with Crippen molar-refractivity contribution in [1.82, 2.24) is 0 Å². The molecule has 100 valence electrons. The molecule has 1 N–H and O–H groups in total. The van der Waals surface area contributed by atoms with E-state index < -0.39 is 0 Å². The van der Waals surface area contributed by atoms with Crippen LogP contribution in [0.1, 0.15) is 67.7 Å². The summed E-state index contributed by atoms with van der Waals surface area (Å²) in [6, 6.07) is 6.34.